The molecule has 0 aromatic carbocycles. The van der Waals surface area contributed by atoms with E-state index in [9.17, 15) is 9.59 Å². The lowest BCUT2D eigenvalue weighted by molar-refractivity contribution is -0.160. The third-order valence-electron chi connectivity index (χ3n) is 2.50. The highest BCUT2D eigenvalue weighted by molar-refractivity contribution is 5.79. The van der Waals surface area contributed by atoms with E-state index in [4.69, 9.17) is 4.74 Å². The Hall–Kier alpha value is -1.14. The van der Waals surface area contributed by atoms with Crippen molar-refractivity contribution in [3.05, 3.63) is 0 Å². The fraction of sp³-hybridized carbons (Fsp3) is 0.833. The molecule has 1 aliphatic heterocycles. The molecule has 1 aliphatic rings. The van der Waals surface area contributed by atoms with Gasteiger partial charge in [0.15, 0.2) is 6.10 Å². The summed E-state index contributed by atoms with van der Waals surface area (Å²) in [5, 5.41) is 2.89. The number of morpholine rings is 1. The summed E-state index contributed by atoms with van der Waals surface area (Å²) in [6, 6.07) is 0. The number of carbonyl (C=O) groups is 2. The van der Waals surface area contributed by atoms with Crippen molar-refractivity contribution in [1.29, 1.82) is 0 Å². The van der Waals surface area contributed by atoms with E-state index in [2.05, 4.69) is 10.1 Å². The maximum absolute atomic E-state index is 11.8. The number of hydrogen-bond donors (Lipinski definition) is 1. The van der Waals surface area contributed by atoms with Crippen LogP contribution in [0.5, 0.6) is 0 Å². The van der Waals surface area contributed by atoms with Crippen LogP contribution in [0.2, 0.25) is 0 Å². The number of amides is 1. The first kappa shape index (κ1) is 14.9. The highest BCUT2D eigenvalue weighted by atomic mass is 16.6. The number of carbonyl (C=O) groups excluding carboxylic acids is 2. The van der Waals surface area contributed by atoms with Crippen LogP contribution in [-0.4, -0.2) is 61.8 Å². The Morgan fingerprint density at radius 2 is 2.11 bits per heavy atom. The van der Waals surface area contributed by atoms with Gasteiger partial charge in [-0.2, -0.15) is 0 Å². The first-order valence-corrected chi connectivity index (χ1v) is 6.04. The molecule has 1 rings (SSSR count). The molecule has 0 aromatic heterocycles. The molecule has 0 aliphatic carbocycles. The van der Waals surface area contributed by atoms with Crippen molar-refractivity contribution in [3.8, 4) is 0 Å². The second-order valence-corrected chi connectivity index (χ2v) is 5.42. The van der Waals surface area contributed by atoms with Crippen molar-refractivity contribution in [2.24, 2.45) is 0 Å². The van der Waals surface area contributed by atoms with Gasteiger partial charge < -0.3 is 14.8 Å². The van der Waals surface area contributed by atoms with Gasteiger partial charge in [-0.3, -0.25) is 9.69 Å². The van der Waals surface area contributed by atoms with Crippen molar-refractivity contribution in [2.45, 2.75) is 32.4 Å². The fourth-order valence-corrected chi connectivity index (χ4v) is 1.78. The molecular formula is C12H22N2O4. The lowest BCUT2D eigenvalue weighted by Crippen LogP contribution is -2.51. The Balaban J connectivity index is 2.43. The Kier molecular flexibility index (Phi) is 5.10. The highest BCUT2D eigenvalue weighted by Crippen LogP contribution is 2.07. The monoisotopic (exact) mass is 258 g/mol. The normalized spacial score (nSPS) is 21.4. The molecule has 6 nitrogen and oxygen atoms in total. The average molecular weight is 258 g/mol. The lowest BCUT2D eigenvalue weighted by Gasteiger charge is -2.31. The maximum atomic E-state index is 11.8. The predicted molar refractivity (Wildman–Crippen MR) is 66.1 cm³/mol. The van der Waals surface area contributed by atoms with Gasteiger partial charge in [-0.1, -0.05) is 0 Å². The quantitative estimate of drug-likeness (QED) is 0.709. The SMILES string of the molecule is COC(=O)C1CN(CC(=O)NC(C)(C)C)CCO1. The van der Waals surface area contributed by atoms with Gasteiger partial charge in [-0.15, -0.1) is 0 Å². The number of rotatable bonds is 3. The molecule has 0 saturated carbocycles. The summed E-state index contributed by atoms with van der Waals surface area (Å²) < 4.78 is 9.93. The minimum absolute atomic E-state index is 0.0481. The Labute approximate surface area is 108 Å². The number of ether oxygens (including phenoxy) is 2. The molecule has 104 valence electrons. The molecule has 1 saturated heterocycles. The van der Waals surface area contributed by atoms with Gasteiger partial charge >= 0.3 is 5.97 Å². The van der Waals surface area contributed by atoms with Crippen LogP contribution in [0.1, 0.15) is 20.8 Å². The number of hydrogen-bond acceptors (Lipinski definition) is 5. The van der Waals surface area contributed by atoms with Gasteiger partial charge in [0, 0.05) is 18.6 Å². The van der Waals surface area contributed by atoms with E-state index in [1.165, 1.54) is 7.11 Å². The van der Waals surface area contributed by atoms with E-state index in [0.717, 1.165) is 0 Å². The molecule has 1 fully saturated rings. The summed E-state index contributed by atoms with van der Waals surface area (Å²) in [5.74, 6) is -0.441. The first-order valence-electron chi connectivity index (χ1n) is 6.04. The number of nitrogens with zero attached hydrogens (tertiary/aromatic N) is 1. The van der Waals surface area contributed by atoms with Crippen LogP contribution in [0.25, 0.3) is 0 Å². The van der Waals surface area contributed by atoms with Crippen LogP contribution in [0.3, 0.4) is 0 Å². The summed E-state index contributed by atoms with van der Waals surface area (Å²) in [7, 11) is 1.33. The summed E-state index contributed by atoms with van der Waals surface area (Å²) in [5.41, 5.74) is -0.245. The lowest BCUT2D eigenvalue weighted by atomic mass is 10.1. The van der Waals surface area contributed by atoms with Crippen LogP contribution in [0.4, 0.5) is 0 Å². The average Bonchev–Trinajstić information content (AvgIpc) is 2.25. The molecule has 18 heavy (non-hydrogen) atoms. The van der Waals surface area contributed by atoms with Crippen molar-refractivity contribution in [1.82, 2.24) is 10.2 Å². The zero-order chi connectivity index (χ0) is 13.8. The van der Waals surface area contributed by atoms with Gasteiger partial charge in [-0.25, -0.2) is 4.79 Å². The zero-order valence-corrected chi connectivity index (χ0v) is 11.5. The smallest absolute Gasteiger partial charge is 0.336 e. The largest absolute Gasteiger partial charge is 0.467 e. The van der Waals surface area contributed by atoms with Crippen molar-refractivity contribution in [2.75, 3.05) is 33.4 Å². The molecular weight excluding hydrogens is 236 g/mol. The van der Waals surface area contributed by atoms with Crippen LogP contribution in [0.15, 0.2) is 0 Å². The van der Waals surface area contributed by atoms with Crippen molar-refractivity contribution in [3.63, 3.8) is 0 Å². The molecule has 0 bridgehead atoms. The van der Waals surface area contributed by atoms with Crippen molar-refractivity contribution >= 4 is 11.9 Å². The number of nitrogens with one attached hydrogen (secondary N) is 1. The third kappa shape index (κ3) is 5.01. The van der Waals surface area contributed by atoms with Gasteiger partial charge in [-0.05, 0) is 20.8 Å². The van der Waals surface area contributed by atoms with E-state index >= 15 is 0 Å². The third-order valence-corrected chi connectivity index (χ3v) is 2.50. The maximum Gasteiger partial charge on any atom is 0.336 e. The predicted octanol–water partition coefficient (Wildman–Crippen LogP) is -0.225. The first-order chi connectivity index (χ1) is 8.31. The summed E-state index contributed by atoms with van der Waals surface area (Å²) in [6.07, 6.45) is -0.591. The van der Waals surface area contributed by atoms with Gasteiger partial charge in [0.05, 0.1) is 20.3 Å². The molecule has 1 amide bonds. The zero-order valence-electron chi connectivity index (χ0n) is 11.5. The van der Waals surface area contributed by atoms with Crippen LogP contribution >= 0.6 is 0 Å². The van der Waals surface area contributed by atoms with Crippen molar-refractivity contribution < 1.29 is 19.1 Å². The molecule has 1 heterocycles. The van der Waals surface area contributed by atoms with E-state index < -0.39 is 12.1 Å². The second-order valence-electron chi connectivity index (χ2n) is 5.42. The van der Waals surface area contributed by atoms with E-state index in [1.54, 1.807) is 0 Å². The van der Waals surface area contributed by atoms with E-state index in [-0.39, 0.29) is 18.0 Å². The minimum Gasteiger partial charge on any atom is -0.467 e. The molecule has 0 aromatic rings. The summed E-state index contributed by atoms with van der Waals surface area (Å²) >= 11 is 0. The Morgan fingerprint density at radius 1 is 1.44 bits per heavy atom. The molecule has 0 spiro atoms. The molecule has 0 radical (unpaired) electrons. The second kappa shape index (κ2) is 6.15. The minimum atomic E-state index is -0.591. The van der Waals surface area contributed by atoms with E-state index in [1.807, 2.05) is 25.7 Å². The molecule has 1 unspecified atom stereocenters. The molecule has 1 atom stereocenters. The Morgan fingerprint density at radius 3 is 2.67 bits per heavy atom. The molecule has 1 N–H and O–H groups in total. The Bertz CT molecular complexity index is 312. The summed E-state index contributed by atoms with van der Waals surface area (Å²) in [4.78, 5) is 25.0. The van der Waals surface area contributed by atoms with Crippen LogP contribution < -0.4 is 5.32 Å². The number of methoxy groups -OCH3 is 1. The van der Waals surface area contributed by atoms with E-state index in [0.29, 0.717) is 19.7 Å². The topological polar surface area (TPSA) is 67.9 Å². The number of esters is 1. The van der Waals surface area contributed by atoms with Gasteiger partial charge in [0.2, 0.25) is 5.91 Å². The molecule has 6 heteroatoms. The highest BCUT2D eigenvalue weighted by Gasteiger charge is 2.28. The fourth-order valence-electron chi connectivity index (χ4n) is 1.78. The van der Waals surface area contributed by atoms with Crippen LogP contribution in [0, 0.1) is 0 Å². The summed E-state index contributed by atoms with van der Waals surface area (Å²) in [6.45, 7) is 7.54. The standard InChI is InChI=1S/C12H22N2O4/c1-12(2,3)13-10(15)8-14-5-6-18-9(7-14)11(16)17-4/h9H,5-8H2,1-4H3,(H,13,15). The van der Waals surface area contributed by atoms with Crippen LogP contribution in [-0.2, 0) is 19.1 Å². The van der Waals surface area contributed by atoms with Gasteiger partial charge in [0.1, 0.15) is 0 Å². The van der Waals surface area contributed by atoms with Gasteiger partial charge in [0.25, 0.3) is 0 Å².